The van der Waals surface area contributed by atoms with Gasteiger partial charge in [-0.2, -0.15) is 0 Å². The normalized spacial score (nSPS) is 16.8. The summed E-state index contributed by atoms with van der Waals surface area (Å²) in [5.74, 6) is -0.218. The van der Waals surface area contributed by atoms with Crippen LogP contribution in [0.5, 0.6) is 5.75 Å². The van der Waals surface area contributed by atoms with Crippen molar-refractivity contribution in [1.82, 2.24) is 5.32 Å². The fourth-order valence-electron chi connectivity index (χ4n) is 2.02. The number of ether oxygens (including phenoxy) is 1. The Hall–Kier alpha value is -1.46. The van der Waals surface area contributed by atoms with Crippen molar-refractivity contribution < 1.29 is 14.6 Å². The molecular formula is C12H15ClN2O3. The Kier molecular flexibility index (Phi) is 3.63. The van der Waals surface area contributed by atoms with Gasteiger partial charge in [-0.3, -0.25) is 4.79 Å². The van der Waals surface area contributed by atoms with Gasteiger partial charge >= 0.3 is 5.97 Å². The van der Waals surface area contributed by atoms with Crippen molar-refractivity contribution in [1.29, 1.82) is 0 Å². The van der Waals surface area contributed by atoms with Gasteiger partial charge in [-0.1, -0.05) is 11.6 Å². The number of carboxylic acid groups (broad SMARTS) is 1. The molecule has 0 spiro atoms. The van der Waals surface area contributed by atoms with E-state index in [4.69, 9.17) is 21.4 Å². The lowest BCUT2D eigenvalue weighted by atomic mass is 9.88. The highest BCUT2D eigenvalue weighted by Gasteiger charge is 2.39. The predicted molar refractivity (Wildman–Crippen MR) is 69.5 cm³/mol. The van der Waals surface area contributed by atoms with Gasteiger partial charge < -0.3 is 20.5 Å². The number of rotatable bonds is 5. The van der Waals surface area contributed by atoms with Gasteiger partial charge in [0.25, 0.3) is 0 Å². The standard InChI is InChI=1S/C12H15ClN2O3/c1-18-10-3-2-8(4-9(10)13)15-12(5-11(16)17)6-14-7-12/h2-4,14-15H,5-7H2,1H3,(H,16,17). The van der Waals surface area contributed by atoms with E-state index >= 15 is 0 Å². The molecule has 1 aliphatic rings. The molecule has 0 aromatic heterocycles. The lowest BCUT2D eigenvalue weighted by molar-refractivity contribution is -0.138. The molecule has 1 aromatic carbocycles. The van der Waals surface area contributed by atoms with E-state index in [1.165, 1.54) is 0 Å². The molecule has 0 atom stereocenters. The first kappa shape index (κ1) is 13.0. The van der Waals surface area contributed by atoms with E-state index in [9.17, 15) is 4.79 Å². The van der Waals surface area contributed by atoms with Crippen LogP contribution in [0.2, 0.25) is 5.02 Å². The quantitative estimate of drug-likeness (QED) is 0.758. The van der Waals surface area contributed by atoms with Crippen LogP contribution in [0, 0.1) is 0 Å². The molecule has 18 heavy (non-hydrogen) atoms. The van der Waals surface area contributed by atoms with Gasteiger partial charge in [-0.25, -0.2) is 0 Å². The molecule has 1 saturated heterocycles. The molecule has 0 amide bonds. The monoisotopic (exact) mass is 270 g/mol. The molecule has 0 saturated carbocycles. The molecule has 1 heterocycles. The van der Waals surface area contributed by atoms with Gasteiger partial charge in [0.15, 0.2) is 0 Å². The van der Waals surface area contributed by atoms with Crippen molar-refractivity contribution in [3.8, 4) is 5.75 Å². The average molecular weight is 271 g/mol. The Morgan fingerprint density at radius 1 is 1.61 bits per heavy atom. The van der Waals surface area contributed by atoms with Crippen LogP contribution in [-0.2, 0) is 4.79 Å². The van der Waals surface area contributed by atoms with Crippen molar-refractivity contribution in [2.75, 3.05) is 25.5 Å². The molecule has 3 N–H and O–H groups in total. The fourth-order valence-corrected chi connectivity index (χ4v) is 2.28. The topological polar surface area (TPSA) is 70.6 Å². The molecule has 0 aliphatic carbocycles. The molecule has 1 aliphatic heterocycles. The molecule has 1 fully saturated rings. The molecular weight excluding hydrogens is 256 g/mol. The summed E-state index contributed by atoms with van der Waals surface area (Å²) in [6.07, 6.45) is 0.0731. The number of carbonyl (C=O) groups is 1. The van der Waals surface area contributed by atoms with Crippen LogP contribution in [0.1, 0.15) is 6.42 Å². The van der Waals surface area contributed by atoms with E-state index in [0.29, 0.717) is 23.9 Å². The second kappa shape index (κ2) is 5.04. The summed E-state index contributed by atoms with van der Waals surface area (Å²) in [6.45, 7) is 1.26. The Balaban J connectivity index is 2.12. The molecule has 0 unspecified atom stereocenters. The number of methoxy groups -OCH3 is 1. The molecule has 0 bridgehead atoms. The average Bonchev–Trinajstić information content (AvgIpc) is 2.25. The number of halogens is 1. The summed E-state index contributed by atoms with van der Waals surface area (Å²) in [5.41, 5.74) is 0.368. The smallest absolute Gasteiger partial charge is 0.305 e. The van der Waals surface area contributed by atoms with Crippen LogP contribution in [0.25, 0.3) is 0 Å². The Morgan fingerprint density at radius 3 is 2.78 bits per heavy atom. The minimum absolute atomic E-state index is 0.0731. The van der Waals surface area contributed by atoms with Crippen LogP contribution in [0.15, 0.2) is 18.2 Å². The third-order valence-corrected chi connectivity index (χ3v) is 3.27. The van der Waals surface area contributed by atoms with Gasteiger partial charge in [-0.15, -0.1) is 0 Å². The minimum atomic E-state index is -0.816. The van der Waals surface area contributed by atoms with E-state index in [-0.39, 0.29) is 6.42 Å². The summed E-state index contributed by atoms with van der Waals surface area (Å²) in [7, 11) is 1.55. The highest BCUT2D eigenvalue weighted by molar-refractivity contribution is 6.32. The number of carboxylic acids is 1. The summed E-state index contributed by atoms with van der Waals surface area (Å²) < 4.78 is 5.07. The number of nitrogens with one attached hydrogen (secondary N) is 2. The number of hydrogen-bond acceptors (Lipinski definition) is 4. The SMILES string of the molecule is COc1ccc(NC2(CC(=O)O)CNC2)cc1Cl. The molecule has 1 aromatic rings. The van der Waals surface area contributed by atoms with E-state index < -0.39 is 11.5 Å². The molecule has 98 valence electrons. The van der Waals surface area contributed by atoms with Crippen molar-refractivity contribution in [3.05, 3.63) is 23.2 Å². The second-order valence-corrected chi connectivity index (χ2v) is 4.84. The molecule has 6 heteroatoms. The van der Waals surface area contributed by atoms with Gasteiger partial charge in [0.2, 0.25) is 0 Å². The third-order valence-electron chi connectivity index (χ3n) is 2.98. The molecule has 2 rings (SSSR count). The van der Waals surface area contributed by atoms with Gasteiger partial charge in [0.1, 0.15) is 5.75 Å². The van der Waals surface area contributed by atoms with Gasteiger partial charge in [0, 0.05) is 18.8 Å². The molecule has 0 radical (unpaired) electrons. The minimum Gasteiger partial charge on any atom is -0.495 e. The van der Waals surface area contributed by atoms with Crippen molar-refractivity contribution >= 4 is 23.3 Å². The zero-order valence-electron chi connectivity index (χ0n) is 10.00. The summed E-state index contributed by atoms with van der Waals surface area (Å²) >= 11 is 6.03. The first-order chi connectivity index (χ1) is 8.54. The van der Waals surface area contributed by atoms with E-state index in [2.05, 4.69) is 10.6 Å². The van der Waals surface area contributed by atoms with Gasteiger partial charge in [-0.05, 0) is 18.2 Å². The highest BCUT2D eigenvalue weighted by Crippen LogP contribution is 2.30. The second-order valence-electron chi connectivity index (χ2n) is 4.43. The Morgan fingerprint density at radius 2 is 2.33 bits per heavy atom. The number of benzene rings is 1. The van der Waals surface area contributed by atoms with E-state index in [1.54, 1.807) is 19.2 Å². The first-order valence-electron chi connectivity index (χ1n) is 5.59. The highest BCUT2D eigenvalue weighted by atomic mass is 35.5. The number of anilines is 1. The van der Waals surface area contributed by atoms with Crippen LogP contribution < -0.4 is 15.4 Å². The number of aliphatic carboxylic acids is 1. The van der Waals surface area contributed by atoms with Crippen molar-refractivity contribution in [2.45, 2.75) is 12.0 Å². The Labute approximate surface area is 110 Å². The first-order valence-corrected chi connectivity index (χ1v) is 5.97. The largest absolute Gasteiger partial charge is 0.495 e. The van der Waals surface area contributed by atoms with Crippen LogP contribution >= 0.6 is 11.6 Å². The maximum Gasteiger partial charge on any atom is 0.305 e. The van der Waals surface area contributed by atoms with E-state index in [1.807, 2.05) is 6.07 Å². The van der Waals surface area contributed by atoms with E-state index in [0.717, 1.165) is 5.69 Å². The lowest BCUT2D eigenvalue weighted by Gasteiger charge is -2.43. The zero-order chi connectivity index (χ0) is 13.2. The van der Waals surface area contributed by atoms with Crippen LogP contribution in [0.3, 0.4) is 0 Å². The van der Waals surface area contributed by atoms with Crippen LogP contribution in [0.4, 0.5) is 5.69 Å². The fraction of sp³-hybridized carbons (Fsp3) is 0.417. The zero-order valence-corrected chi connectivity index (χ0v) is 10.8. The number of hydrogen-bond donors (Lipinski definition) is 3. The summed E-state index contributed by atoms with van der Waals surface area (Å²) in [5, 5.41) is 15.7. The predicted octanol–water partition coefficient (Wildman–Crippen LogP) is 1.58. The van der Waals surface area contributed by atoms with Crippen LogP contribution in [-0.4, -0.2) is 36.8 Å². The molecule has 5 nitrogen and oxygen atoms in total. The van der Waals surface area contributed by atoms with Crippen molar-refractivity contribution in [2.24, 2.45) is 0 Å². The maximum absolute atomic E-state index is 10.9. The Bertz CT molecular complexity index is 461. The maximum atomic E-state index is 10.9. The third kappa shape index (κ3) is 2.68. The summed E-state index contributed by atoms with van der Waals surface area (Å²) in [4.78, 5) is 10.9. The van der Waals surface area contributed by atoms with Gasteiger partial charge in [0.05, 0.1) is 24.1 Å². The summed E-state index contributed by atoms with van der Waals surface area (Å²) in [6, 6.07) is 5.32. The van der Waals surface area contributed by atoms with Crippen molar-refractivity contribution in [3.63, 3.8) is 0 Å². The lowest BCUT2D eigenvalue weighted by Crippen LogP contribution is -2.65.